The van der Waals surface area contributed by atoms with Gasteiger partial charge in [0.05, 0.1) is 18.5 Å². The van der Waals surface area contributed by atoms with E-state index < -0.39 is 0 Å². The minimum atomic E-state index is 0.504. The highest BCUT2D eigenvalue weighted by atomic mass is 35.5. The summed E-state index contributed by atoms with van der Waals surface area (Å²) in [5.74, 6) is 0.504. The van der Waals surface area contributed by atoms with Gasteiger partial charge in [-0.2, -0.15) is 15.7 Å². The van der Waals surface area contributed by atoms with E-state index in [0.29, 0.717) is 17.4 Å². The molecule has 1 N–H and O–H groups in total. The molecule has 0 spiro atoms. The zero-order valence-electron chi connectivity index (χ0n) is 7.99. The number of aromatic nitrogens is 1. The number of hydrogen-bond acceptors (Lipinski definition) is 5. The normalized spacial score (nSPS) is 10.3. The number of ether oxygens (including phenoxy) is 1. The lowest BCUT2D eigenvalue weighted by atomic mass is 10.4. The molecule has 2 heterocycles. The Bertz CT molecular complexity index is 427. The van der Waals surface area contributed by atoms with Gasteiger partial charge in [-0.1, -0.05) is 11.6 Å². The van der Waals surface area contributed by atoms with Crippen LogP contribution in [0, 0.1) is 0 Å². The Morgan fingerprint density at radius 2 is 2.47 bits per heavy atom. The Labute approximate surface area is 101 Å². The van der Waals surface area contributed by atoms with Crippen molar-refractivity contribution in [1.29, 1.82) is 0 Å². The highest BCUT2D eigenvalue weighted by Crippen LogP contribution is 2.31. The second kappa shape index (κ2) is 4.83. The molecule has 6 heteroatoms. The summed E-state index contributed by atoms with van der Waals surface area (Å²) in [5, 5.41) is 7.93. The SMILES string of the molecule is COc1nsc(CNc2ccsc2)c1Cl. The molecule has 0 aliphatic rings. The van der Waals surface area contributed by atoms with Gasteiger partial charge in [-0.3, -0.25) is 0 Å². The lowest BCUT2D eigenvalue weighted by molar-refractivity contribution is 0.402. The first-order valence-electron chi connectivity index (χ1n) is 4.25. The topological polar surface area (TPSA) is 34.1 Å². The molecule has 0 saturated carbocycles. The quantitative estimate of drug-likeness (QED) is 0.914. The number of anilines is 1. The molecule has 0 radical (unpaired) electrons. The Morgan fingerprint density at radius 3 is 3.07 bits per heavy atom. The van der Waals surface area contributed by atoms with Gasteiger partial charge in [-0.05, 0) is 23.0 Å². The third-order valence-corrected chi connectivity index (χ3v) is 3.85. The summed E-state index contributed by atoms with van der Waals surface area (Å²) in [6.45, 7) is 0.677. The van der Waals surface area contributed by atoms with E-state index in [2.05, 4.69) is 9.69 Å². The second-order valence-corrected chi connectivity index (χ2v) is 4.81. The fourth-order valence-electron chi connectivity index (χ4n) is 1.08. The summed E-state index contributed by atoms with van der Waals surface area (Å²) in [7, 11) is 1.57. The smallest absolute Gasteiger partial charge is 0.244 e. The Morgan fingerprint density at radius 1 is 1.60 bits per heavy atom. The second-order valence-electron chi connectivity index (χ2n) is 2.79. The van der Waals surface area contributed by atoms with Crippen molar-refractivity contribution in [1.82, 2.24) is 4.37 Å². The highest BCUT2D eigenvalue weighted by molar-refractivity contribution is 7.08. The minimum absolute atomic E-state index is 0.504. The molecule has 0 unspecified atom stereocenters. The maximum atomic E-state index is 6.05. The van der Waals surface area contributed by atoms with E-state index >= 15 is 0 Å². The molecule has 0 amide bonds. The lowest BCUT2D eigenvalue weighted by Crippen LogP contribution is -1.96. The van der Waals surface area contributed by atoms with Gasteiger partial charge in [0.1, 0.15) is 5.02 Å². The number of methoxy groups -OCH3 is 1. The number of rotatable bonds is 4. The highest BCUT2D eigenvalue weighted by Gasteiger charge is 2.11. The number of hydrogen-bond donors (Lipinski definition) is 1. The summed E-state index contributed by atoms with van der Waals surface area (Å²) in [6.07, 6.45) is 0. The van der Waals surface area contributed by atoms with Crippen molar-refractivity contribution in [3.63, 3.8) is 0 Å². The largest absolute Gasteiger partial charge is 0.479 e. The van der Waals surface area contributed by atoms with Crippen molar-refractivity contribution in [3.05, 3.63) is 26.7 Å². The average molecular weight is 261 g/mol. The predicted octanol–water partition coefficient (Wildman–Crippen LogP) is 3.48. The third kappa shape index (κ3) is 2.42. The predicted molar refractivity (Wildman–Crippen MR) is 65.3 cm³/mol. The van der Waals surface area contributed by atoms with Gasteiger partial charge in [0, 0.05) is 11.1 Å². The van der Waals surface area contributed by atoms with Crippen molar-refractivity contribution >= 4 is 40.2 Å². The summed E-state index contributed by atoms with van der Waals surface area (Å²) >= 11 is 9.06. The van der Waals surface area contributed by atoms with Gasteiger partial charge in [0.2, 0.25) is 5.88 Å². The molecule has 2 rings (SSSR count). The van der Waals surface area contributed by atoms with Gasteiger partial charge in [-0.25, -0.2) is 0 Å². The molecule has 0 aliphatic carbocycles. The molecule has 0 aliphatic heterocycles. The van der Waals surface area contributed by atoms with Crippen molar-refractivity contribution in [2.24, 2.45) is 0 Å². The van der Waals surface area contributed by atoms with E-state index in [4.69, 9.17) is 16.3 Å². The molecule has 0 atom stereocenters. The zero-order chi connectivity index (χ0) is 10.7. The van der Waals surface area contributed by atoms with Crippen molar-refractivity contribution in [3.8, 4) is 5.88 Å². The molecule has 0 saturated heterocycles. The monoisotopic (exact) mass is 260 g/mol. The number of nitrogens with zero attached hydrogens (tertiary/aromatic N) is 1. The summed E-state index contributed by atoms with van der Waals surface area (Å²) in [5.41, 5.74) is 1.10. The molecule has 0 bridgehead atoms. The maximum Gasteiger partial charge on any atom is 0.244 e. The number of halogens is 1. The number of thiophene rings is 1. The molecule has 0 fully saturated rings. The zero-order valence-corrected chi connectivity index (χ0v) is 10.4. The van der Waals surface area contributed by atoms with Crippen LogP contribution in [-0.4, -0.2) is 11.5 Å². The van der Waals surface area contributed by atoms with E-state index in [-0.39, 0.29) is 0 Å². The summed E-state index contributed by atoms with van der Waals surface area (Å²) in [4.78, 5) is 0.986. The van der Waals surface area contributed by atoms with Crippen molar-refractivity contribution in [2.75, 3.05) is 12.4 Å². The molecule has 0 aromatic carbocycles. The van der Waals surface area contributed by atoms with Crippen molar-refractivity contribution < 1.29 is 4.74 Å². The van der Waals surface area contributed by atoms with Crippen LogP contribution in [0.25, 0.3) is 0 Å². The maximum absolute atomic E-state index is 6.05. The van der Waals surface area contributed by atoms with E-state index in [0.717, 1.165) is 10.6 Å². The first kappa shape index (κ1) is 10.7. The van der Waals surface area contributed by atoms with Crippen LogP contribution in [0.2, 0.25) is 5.02 Å². The van der Waals surface area contributed by atoms with E-state index in [9.17, 15) is 0 Å². The Kier molecular flexibility index (Phi) is 3.45. The van der Waals surface area contributed by atoms with Gasteiger partial charge in [0.25, 0.3) is 0 Å². The van der Waals surface area contributed by atoms with Crippen molar-refractivity contribution in [2.45, 2.75) is 6.54 Å². The molecule has 3 nitrogen and oxygen atoms in total. The van der Waals surface area contributed by atoms with Crippen LogP contribution in [0.3, 0.4) is 0 Å². The van der Waals surface area contributed by atoms with Crippen LogP contribution in [-0.2, 0) is 6.54 Å². The van der Waals surface area contributed by atoms with Gasteiger partial charge >= 0.3 is 0 Å². The van der Waals surface area contributed by atoms with Gasteiger partial charge in [-0.15, -0.1) is 0 Å². The van der Waals surface area contributed by atoms with Crippen LogP contribution < -0.4 is 10.1 Å². The van der Waals surface area contributed by atoms with Crippen LogP contribution >= 0.6 is 34.5 Å². The van der Waals surface area contributed by atoms with Gasteiger partial charge in [0.15, 0.2) is 0 Å². The molecule has 80 valence electrons. The van der Waals surface area contributed by atoms with Gasteiger partial charge < -0.3 is 10.1 Å². The molecular weight excluding hydrogens is 252 g/mol. The van der Waals surface area contributed by atoms with Crippen LogP contribution in [0.4, 0.5) is 5.69 Å². The number of nitrogens with one attached hydrogen (secondary N) is 1. The van der Waals surface area contributed by atoms with E-state index in [1.807, 2.05) is 16.8 Å². The Hall–Kier alpha value is -0.780. The fraction of sp³-hybridized carbons (Fsp3) is 0.222. The lowest BCUT2D eigenvalue weighted by Gasteiger charge is -2.01. The van der Waals surface area contributed by atoms with Crippen LogP contribution in [0.5, 0.6) is 5.88 Å². The standard InChI is InChI=1S/C9H9ClN2OS2/c1-13-9-8(10)7(15-12-9)4-11-6-2-3-14-5-6/h2-3,5,11H,4H2,1H3. The minimum Gasteiger partial charge on any atom is -0.479 e. The molecule has 2 aromatic heterocycles. The Balaban J connectivity index is 2.02. The summed E-state index contributed by atoms with van der Waals surface area (Å²) in [6, 6.07) is 2.02. The summed E-state index contributed by atoms with van der Waals surface area (Å²) < 4.78 is 9.09. The molecule has 2 aromatic rings. The first-order chi connectivity index (χ1) is 7.31. The van der Waals surface area contributed by atoms with Crippen LogP contribution in [0.15, 0.2) is 16.8 Å². The first-order valence-corrected chi connectivity index (χ1v) is 6.35. The molecular formula is C9H9ClN2OS2. The van der Waals surface area contributed by atoms with Crippen LogP contribution in [0.1, 0.15) is 4.88 Å². The molecule has 15 heavy (non-hydrogen) atoms. The van der Waals surface area contributed by atoms with E-state index in [1.165, 1.54) is 11.5 Å². The third-order valence-electron chi connectivity index (χ3n) is 1.84. The average Bonchev–Trinajstić information content (AvgIpc) is 2.85. The van der Waals surface area contributed by atoms with E-state index in [1.54, 1.807) is 18.4 Å². The fourth-order valence-corrected chi connectivity index (χ4v) is 2.70.